The van der Waals surface area contributed by atoms with Crippen LogP contribution in [0.3, 0.4) is 0 Å². The smallest absolute Gasteiger partial charge is 0.321 e. The molecule has 0 unspecified atom stereocenters. The molecule has 184 valence electrons. The van der Waals surface area contributed by atoms with Crippen LogP contribution in [0.2, 0.25) is 0 Å². The number of rotatable bonds is 4. The molecule has 4 aromatic rings. The summed E-state index contributed by atoms with van der Waals surface area (Å²) in [5.41, 5.74) is 1.28. The molecule has 2 aliphatic rings. The SMILES string of the molecule is O=C(Nc1ccc2c(c1)OCO2)N1CCN(Cc2cc(=O)n3nc(-c4ccccc4F)sc3n2)CC1. The molecule has 0 radical (unpaired) electrons. The van der Waals surface area contributed by atoms with Gasteiger partial charge in [-0.25, -0.2) is 14.2 Å². The van der Waals surface area contributed by atoms with E-state index < -0.39 is 5.82 Å². The zero-order valence-electron chi connectivity index (χ0n) is 19.0. The van der Waals surface area contributed by atoms with Gasteiger partial charge >= 0.3 is 6.03 Å². The lowest BCUT2D eigenvalue weighted by molar-refractivity contribution is 0.142. The summed E-state index contributed by atoms with van der Waals surface area (Å²) < 4.78 is 26.0. The van der Waals surface area contributed by atoms with Gasteiger partial charge in [0, 0.05) is 56.1 Å². The van der Waals surface area contributed by atoms with E-state index >= 15 is 0 Å². The molecule has 6 rings (SSSR count). The van der Waals surface area contributed by atoms with Gasteiger partial charge in [-0.05, 0) is 24.3 Å². The molecule has 4 heterocycles. The number of nitrogens with zero attached hydrogens (tertiary/aromatic N) is 5. The Morgan fingerprint density at radius 3 is 2.69 bits per heavy atom. The lowest BCUT2D eigenvalue weighted by Gasteiger charge is -2.34. The maximum absolute atomic E-state index is 14.2. The van der Waals surface area contributed by atoms with Gasteiger partial charge in [-0.15, -0.1) is 0 Å². The molecule has 0 atom stereocenters. The topological polar surface area (TPSA) is 101 Å². The summed E-state index contributed by atoms with van der Waals surface area (Å²) in [5, 5.41) is 7.55. The number of carbonyl (C=O) groups is 1. The molecule has 0 bridgehead atoms. The van der Waals surface area contributed by atoms with E-state index in [2.05, 4.69) is 20.3 Å². The third-order valence-corrected chi connectivity index (χ3v) is 7.01. The number of anilines is 1. The first kappa shape index (κ1) is 22.4. The number of hydrogen-bond acceptors (Lipinski definition) is 8. The standard InChI is InChI=1S/C24H21FN6O4S/c25-18-4-2-1-3-17(18)22-28-31-21(32)12-16(27-24(31)36-22)13-29-7-9-30(10-8-29)23(33)26-15-5-6-19-20(11-15)35-14-34-19/h1-6,11-12H,7-10,13-14H2,(H,26,33). The minimum Gasteiger partial charge on any atom is -0.454 e. The Bertz CT molecular complexity index is 1510. The summed E-state index contributed by atoms with van der Waals surface area (Å²) >= 11 is 1.17. The second kappa shape index (κ2) is 9.21. The van der Waals surface area contributed by atoms with Gasteiger partial charge in [0.25, 0.3) is 5.56 Å². The number of piperazine rings is 1. The Balaban J connectivity index is 1.09. The second-order valence-electron chi connectivity index (χ2n) is 8.43. The van der Waals surface area contributed by atoms with E-state index in [9.17, 15) is 14.0 Å². The van der Waals surface area contributed by atoms with E-state index in [-0.39, 0.29) is 18.4 Å². The van der Waals surface area contributed by atoms with E-state index in [0.29, 0.717) is 71.1 Å². The third-order valence-electron chi connectivity index (χ3n) is 6.07. The molecule has 0 saturated carbocycles. The maximum atomic E-state index is 14.2. The molecular weight excluding hydrogens is 487 g/mol. The van der Waals surface area contributed by atoms with E-state index in [1.807, 2.05) is 0 Å². The highest BCUT2D eigenvalue weighted by atomic mass is 32.1. The summed E-state index contributed by atoms with van der Waals surface area (Å²) in [4.78, 5) is 34.2. The first-order valence-electron chi connectivity index (χ1n) is 11.4. The highest BCUT2D eigenvalue weighted by Crippen LogP contribution is 2.34. The van der Waals surface area contributed by atoms with Crippen molar-refractivity contribution in [3.63, 3.8) is 0 Å². The summed E-state index contributed by atoms with van der Waals surface area (Å²) in [6.45, 7) is 3.00. The van der Waals surface area contributed by atoms with Crippen molar-refractivity contribution in [1.29, 1.82) is 0 Å². The first-order valence-corrected chi connectivity index (χ1v) is 12.2. The van der Waals surface area contributed by atoms with Crippen molar-refractivity contribution in [2.75, 3.05) is 38.3 Å². The number of urea groups is 1. The second-order valence-corrected chi connectivity index (χ2v) is 9.38. The molecule has 1 fully saturated rings. The fraction of sp³-hybridized carbons (Fsp3) is 0.250. The van der Waals surface area contributed by atoms with Crippen LogP contribution in [0.5, 0.6) is 11.5 Å². The van der Waals surface area contributed by atoms with Gasteiger partial charge in [-0.3, -0.25) is 9.69 Å². The minimum absolute atomic E-state index is 0.179. The Morgan fingerprint density at radius 2 is 1.86 bits per heavy atom. The predicted octanol–water partition coefficient (Wildman–Crippen LogP) is 3.04. The number of amides is 2. The summed E-state index contributed by atoms with van der Waals surface area (Å²) in [7, 11) is 0. The number of halogens is 1. The fourth-order valence-electron chi connectivity index (χ4n) is 4.20. The highest BCUT2D eigenvalue weighted by molar-refractivity contribution is 7.19. The largest absolute Gasteiger partial charge is 0.454 e. The van der Waals surface area contributed by atoms with Crippen molar-refractivity contribution < 1.29 is 18.7 Å². The molecular formula is C24H21FN6O4S. The van der Waals surface area contributed by atoms with Gasteiger partial charge in [0.2, 0.25) is 11.8 Å². The van der Waals surface area contributed by atoms with Crippen molar-refractivity contribution >= 4 is 28.0 Å². The molecule has 1 saturated heterocycles. The normalized spacial score (nSPS) is 15.4. The van der Waals surface area contributed by atoms with E-state index in [1.54, 1.807) is 41.3 Å². The Labute approximate surface area is 208 Å². The van der Waals surface area contributed by atoms with E-state index in [4.69, 9.17) is 9.47 Å². The van der Waals surface area contributed by atoms with Crippen LogP contribution in [0.4, 0.5) is 14.9 Å². The van der Waals surface area contributed by atoms with Gasteiger partial charge in [-0.2, -0.15) is 9.61 Å². The van der Waals surface area contributed by atoms with Crippen molar-refractivity contribution in [2.24, 2.45) is 0 Å². The maximum Gasteiger partial charge on any atom is 0.321 e. The monoisotopic (exact) mass is 508 g/mol. The zero-order valence-corrected chi connectivity index (χ0v) is 19.8. The third kappa shape index (κ3) is 4.36. The van der Waals surface area contributed by atoms with Crippen molar-refractivity contribution in [3.05, 3.63) is 70.4 Å². The Morgan fingerprint density at radius 1 is 1.06 bits per heavy atom. The molecule has 2 aliphatic heterocycles. The quantitative estimate of drug-likeness (QED) is 0.452. The number of fused-ring (bicyclic) bond motifs is 2. The molecule has 1 N–H and O–H groups in total. The predicted molar refractivity (Wildman–Crippen MR) is 131 cm³/mol. The molecule has 10 nitrogen and oxygen atoms in total. The average molecular weight is 509 g/mol. The Hall–Kier alpha value is -4.03. The van der Waals surface area contributed by atoms with Gasteiger partial charge < -0.3 is 19.7 Å². The number of nitrogens with one attached hydrogen (secondary N) is 1. The van der Waals surface area contributed by atoms with Gasteiger partial charge in [0.15, 0.2) is 16.5 Å². The van der Waals surface area contributed by atoms with Crippen LogP contribution < -0.4 is 20.3 Å². The first-order chi connectivity index (χ1) is 17.5. The van der Waals surface area contributed by atoms with Crippen LogP contribution in [0.25, 0.3) is 15.5 Å². The van der Waals surface area contributed by atoms with Crippen molar-refractivity contribution in [3.8, 4) is 22.1 Å². The van der Waals surface area contributed by atoms with Crippen molar-refractivity contribution in [1.82, 2.24) is 24.4 Å². The summed E-state index contributed by atoms with van der Waals surface area (Å²) in [5.74, 6) is 0.875. The summed E-state index contributed by atoms with van der Waals surface area (Å²) in [6, 6.07) is 12.9. The fourth-order valence-corrected chi connectivity index (χ4v) is 5.15. The number of benzene rings is 2. The van der Waals surface area contributed by atoms with Crippen LogP contribution in [-0.2, 0) is 6.54 Å². The van der Waals surface area contributed by atoms with Crippen LogP contribution in [0.1, 0.15) is 5.69 Å². The summed E-state index contributed by atoms with van der Waals surface area (Å²) in [6.07, 6.45) is 0. The number of carbonyl (C=O) groups excluding carboxylic acids is 1. The van der Waals surface area contributed by atoms with Crippen LogP contribution in [-0.4, -0.2) is 63.4 Å². The van der Waals surface area contributed by atoms with Gasteiger partial charge in [-0.1, -0.05) is 23.5 Å². The van der Waals surface area contributed by atoms with Gasteiger partial charge in [0.05, 0.1) is 5.69 Å². The molecule has 0 spiro atoms. The molecule has 2 aromatic heterocycles. The van der Waals surface area contributed by atoms with Gasteiger partial charge in [0.1, 0.15) is 5.82 Å². The minimum atomic E-state index is -0.398. The van der Waals surface area contributed by atoms with E-state index in [0.717, 1.165) is 0 Å². The molecule has 36 heavy (non-hydrogen) atoms. The molecule has 0 aliphatic carbocycles. The number of aromatic nitrogens is 3. The van der Waals surface area contributed by atoms with Crippen LogP contribution in [0.15, 0.2) is 53.3 Å². The zero-order chi connectivity index (χ0) is 24.6. The number of hydrogen-bond donors (Lipinski definition) is 1. The molecule has 12 heteroatoms. The highest BCUT2D eigenvalue weighted by Gasteiger charge is 2.23. The average Bonchev–Trinajstić information content (AvgIpc) is 3.52. The van der Waals surface area contributed by atoms with Crippen LogP contribution >= 0.6 is 11.3 Å². The number of ether oxygens (including phenoxy) is 2. The van der Waals surface area contributed by atoms with Crippen LogP contribution in [0, 0.1) is 5.82 Å². The lowest BCUT2D eigenvalue weighted by atomic mass is 10.2. The lowest BCUT2D eigenvalue weighted by Crippen LogP contribution is -2.49. The Kier molecular flexibility index (Phi) is 5.74. The van der Waals surface area contributed by atoms with E-state index in [1.165, 1.54) is 28.0 Å². The molecule has 2 amide bonds. The molecule has 2 aromatic carbocycles. The van der Waals surface area contributed by atoms with Crippen molar-refractivity contribution in [2.45, 2.75) is 6.54 Å².